The summed E-state index contributed by atoms with van der Waals surface area (Å²) in [5.74, 6) is 0.232. The molecule has 92 valence electrons. The highest BCUT2D eigenvalue weighted by Gasteiger charge is 2.06. The summed E-state index contributed by atoms with van der Waals surface area (Å²) in [4.78, 5) is 19.8. The standard InChI is InChI=1S/C12H10BrN3OS/c13-10-4-2-6-15-12(10)18-8-11(17)16-9-3-1-5-14-7-9/h1-7H,8H2,(H,16,17). The molecule has 0 aliphatic heterocycles. The van der Waals surface area contributed by atoms with Crippen molar-refractivity contribution in [2.75, 3.05) is 11.1 Å². The second-order valence-corrected chi connectivity index (χ2v) is 5.19. The van der Waals surface area contributed by atoms with Gasteiger partial charge in [-0.1, -0.05) is 11.8 Å². The summed E-state index contributed by atoms with van der Waals surface area (Å²) in [6.07, 6.45) is 4.97. The van der Waals surface area contributed by atoms with Crippen LogP contribution >= 0.6 is 27.7 Å². The van der Waals surface area contributed by atoms with Gasteiger partial charge >= 0.3 is 0 Å². The summed E-state index contributed by atoms with van der Waals surface area (Å²) in [6, 6.07) is 7.31. The largest absolute Gasteiger partial charge is 0.324 e. The van der Waals surface area contributed by atoms with Crippen LogP contribution in [0.3, 0.4) is 0 Å². The van der Waals surface area contributed by atoms with Gasteiger partial charge in [-0.25, -0.2) is 4.98 Å². The molecule has 0 saturated carbocycles. The number of rotatable bonds is 4. The lowest BCUT2D eigenvalue weighted by Gasteiger charge is -2.04. The van der Waals surface area contributed by atoms with E-state index in [9.17, 15) is 4.79 Å². The van der Waals surface area contributed by atoms with Crippen molar-refractivity contribution >= 4 is 39.3 Å². The van der Waals surface area contributed by atoms with E-state index < -0.39 is 0 Å². The van der Waals surface area contributed by atoms with E-state index in [0.29, 0.717) is 11.4 Å². The molecule has 2 aromatic rings. The van der Waals surface area contributed by atoms with Crippen molar-refractivity contribution in [3.8, 4) is 0 Å². The number of carbonyl (C=O) groups is 1. The third kappa shape index (κ3) is 3.82. The molecule has 6 heteroatoms. The predicted molar refractivity (Wildman–Crippen MR) is 75.5 cm³/mol. The minimum Gasteiger partial charge on any atom is -0.324 e. The van der Waals surface area contributed by atoms with E-state index in [2.05, 4.69) is 31.2 Å². The second-order valence-electron chi connectivity index (χ2n) is 3.37. The van der Waals surface area contributed by atoms with Gasteiger partial charge in [-0.2, -0.15) is 0 Å². The van der Waals surface area contributed by atoms with Gasteiger partial charge in [0.2, 0.25) is 5.91 Å². The number of amides is 1. The molecule has 0 unspecified atom stereocenters. The van der Waals surface area contributed by atoms with Gasteiger partial charge in [0, 0.05) is 16.9 Å². The molecular weight excluding hydrogens is 314 g/mol. The fourth-order valence-corrected chi connectivity index (χ4v) is 2.52. The van der Waals surface area contributed by atoms with Gasteiger partial charge < -0.3 is 5.32 Å². The first-order valence-corrected chi connectivity index (χ1v) is 6.97. The molecular formula is C12H10BrN3OS. The summed E-state index contributed by atoms with van der Waals surface area (Å²) in [6.45, 7) is 0. The molecule has 0 bridgehead atoms. The van der Waals surface area contributed by atoms with Gasteiger partial charge in [-0.15, -0.1) is 0 Å². The Balaban J connectivity index is 1.88. The van der Waals surface area contributed by atoms with E-state index in [1.54, 1.807) is 30.7 Å². The Kier molecular flexibility index (Phi) is 4.72. The summed E-state index contributed by atoms with van der Waals surface area (Å²) in [7, 11) is 0. The fraction of sp³-hybridized carbons (Fsp3) is 0.0833. The molecule has 0 saturated heterocycles. The molecule has 1 N–H and O–H groups in total. The molecule has 2 aromatic heterocycles. The van der Waals surface area contributed by atoms with Gasteiger partial charge in [-0.05, 0) is 40.2 Å². The van der Waals surface area contributed by atoms with Crippen LogP contribution in [-0.4, -0.2) is 21.6 Å². The smallest absolute Gasteiger partial charge is 0.234 e. The minimum atomic E-state index is -0.0782. The zero-order valence-corrected chi connectivity index (χ0v) is 11.7. The highest BCUT2D eigenvalue weighted by Crippen LogP contribution is 2.24. The Hall–Kier alpha value is -1.40. The summed E-state index contributed by atoms with van der Waals surface area (Å²) >= 11 is 4.77. The molecule has 4 nitrogen and oxygen atoms in total. The van der Waals surface area contributed by atoms with Crippen molar-refractivity contribution in [3.05, 3.63) is 47.3 Å². The van der Waals surface area contributed by atoms with Gasteiger partial charge in [0.1, 0.15) is 5.03 Å². The Morgan fingerprint density at radius 1 is 1.33 bits per heavy atom. The number of pyridine rings is 2. The van der Waals surface area contributed by atoms with E-state index in [1.165, 1.54) is 11.8 Å². The quantitative estimate of drug-likeness (QED) is 0.879. The molecule has 0 spiro atoms. The Morgan fingerprint density at radius 3 is 2.89 bits per heavy atom. The predicted octanol–water partition coefficient (Wildman–Crippen LogP) is 2.97. The highest BCUT2D eigenvalue weighted by atomic mass is 79.9. The maximum absolute atomic E-state index is 11.7. The normalized spacial score (nSPS) is 10.1. The monoisotopic (exact) mass is 323 g/mol. The number of nitrogens with zero attached hydrogens (tertiary/aromatic N) is 2. The number of hydrogen-bond donors (Lipinski definition) is 1. The van der Waals surface area contributed by atoms with Gasteiger partial charge in [-0.3, -0.25) is 9.78 Å². The number of aromatic nitrogens is 2. The highest BCUT2D eigenvalue weighted by molar-refractivity contribution is 9.10. The molecule has 0 aliphatic rings. The maximum atomic E-state index is 11.7. The molecule has 18 heavy (non-hydrogen) atoms. The average molecular weight is 324 g/mol. The van der Waals surface area contributed by atoms with E-state index in [4.69, 9.17) is 0 Å². The van der Waals surface area contributed by atoms with Crippen LogP contribution in [0.1, 0.15) is 0 Å². The zero-order chi connectivity index (χ0) is 12.8. The molecule has 2 rings (SSSR count). The van der Waals surface area contributed by atoms with Crippen LogP contribution in [0.4, 0.5) is 5.69 Å². The molecule has 0 aliphatic carbocycles. The van der Waals surface area contributed by atoms with Crippen LogP contribution in [0.5, 0.6) is 0 Å². The van der Waals surface area contributed by atoms with Crippen LogP contribution in [0, 0.1) is 0 Å². The van der Waals surface area contributed by atoms with E-state index in [0.717, 1.165) is 9.50 Å². The lowest BCUT2D eigenvalue weighted by Crippen LogP contribution is -2.14. The van der Waals surface area contributed by atoms with E-state index >= 15 is 0 Å². The third-order valence-electron chi connectivity index (χ3n) is 2.01. The van der Waals surface area contributed by atoms with Crippen molar-refractivity contribution in [2.24, 2.45) is 0 Å². The third-order valence-corrected chi connectivity index (χ3v) is 3.92. The van der Waals surface area contributed by atoms with Gasteiger partial charge in [0.25, 0.3) is 0 Å². The minimum absolute atomic E-state index is 0.0782. The number of halogens is 1. The number of carbonyl (C=O) groups excluding carboxylic acids is 1. The Bertz CT molecular complexity index is 536. The molecule has 0 radical (unpaired) electrons. The summed E-state index contributed by atoms with van der Waals surface area (Å²) in [5, 5.41) is 3.57. The Morgan fingerprint density at radius 2 is 2.17 bits per heavy atom. The summed E-state index contributed by atoms with van der Waals surface area (Å²) in [5.41, 5.74) is 0.697. The number of thioether (sulfide) groups is 1. The van der Waals surface area contributed by atoms with Crippen molar-refractivity contribution in [1.29, 1.82) is 0 Å². The van der Waals surface area contributed by atoms with Crippen molar-refractivity contribution in [2.45, 2.75) is 5.03 Å². The molecule has 0 fully saturated rings. The lowest BCUT2D eigenvalue weighted by atomic mass is 10.4. The SMILES string of the molecule is O=C(CSc1ncccc1Br)Nc1cccnc1. The zero-order valence-electron chi connectivity index (χ0n) is 9.34. The molecule has 0 atom stereocenters. The first-order chi connectivity index (χ1) is 8.75. The Labute approximate surface area is 117 Å². The van der Waals surface area contributed by atoms with E-state index in [-0.39, 0.29) is 5.91 Å². The first-order valence-electron chi connectivity index (χ1n) is 5.19. The van der Waals surface area contributed by atoms with Crippen LogP contribution in [-0.2, 0) is 4.79 Å². The number of anilines is 1. The second kappa shape index (κ2) is 6.51. The van der Waals surface area contributed by atoms with Gasteiger partial charge in [0.05, 0.1) is 17.6 Å². The molecule has 0 aromatic carbocycles. The topological polar surface area (TPSA) is 54.9 Å². The maximum Gasteiger partial charge on any atom is 0.234 e. The van der Waals surface area contributed by atoms with Crippen molar-refractivity contribution in [3.63, 3.8) is 0 Å². The van der Waals surface area contributed by atoms with E-state index in [1.807, 2.05) is 12.1 Å². The van der Waals surface area contributed by atoms with Crippen LogP contribution in [0.25, 0.3) is 0 Å². The van der Waals surface area contributed by atoms with Crippen LogP contribution in [0.15, 0.2) is 52.4 Å². The summed E-state index contributed by atoms with van der Waals surface area (Å²) < 4.78 is 0.893. The fourth-order valence-electron chi connectivity index (χ4n) is 1.25. The number of hydrogen-bond acceptors (Lipinski definition) is 4. The van der Waals surface area contributed by atoms with Crippen LogP contribution < -0.4 is 5.32 Å². The first kappa shape index (κ1) is 13.0. The van der Waals surface area contributed by atoms with Crippen molar-refractivity contribution < 1.29 is 4.79 Å². The molecule has 1 amide bonds. The average Bonchev–Trinajstić information content (AvgIpc) is 2.39. The lowest BCUT2D eigenvalue weighted by molar-refractivity contribution is -0.113. The van der Waals surface area contributed by atoms with Crippen molar-refractivity contribution in [1.82, 2.24) is 9.97 Å². The van der Waals surface area contributed by atoms with Crippen LogP contribution in [0.2, 0.25) is 0 Å². The van der Waals surface area contributed by atoms with Gasteiger partial charge in [0.15, 0.2) is 0 Å². The number of nitrogens with one attached hydrogen (secondary N) is 1. The molecule has 2 heterocycles.